The molecule has 1 aliphatic heterocycles. The van der Waals surface area contributed by atoms with Gasteiger partial charge >= 0.3 is 0 Å². The minimum absolute atomic E-state index is 0. The van der Waals surface area contributed by atoms with Gasteiger partial charge in [0.05, 0.1) is 5.33 Å². The number of aromatic nitrogens is 8. The number of aryl methyl sites for hydroxylation is 2. The van der Waals surface area contributed by atoms with Gasteiger partial charge in [-0.3, -0.25) is 14.4 Å². The van der Waals surface area contributed by atoms with Crippen LogP contribution in [0.15, 0.2) is 15.2 Å². The molecule has 12 aliphatic carbocycles. The SMILES string of the molecule is C.C.C.CC1=NCN=N1.C[C@]12CC[C@H]3[C@@H](CC[C@@H]4C[C@@](O)(C(F)F)CC[C@@H]43)[C@@H]1CC[C@@H]2C(=O)CBr.Cc1nnn(CC(=O)[C@H]2CC[C@H]3[C@@H]4CC[C@@H]5C[C@@](O)(C(F)F)CC[C@@H]5[C@H]4CC[C@]23C)n1.Cc1nnnn1CC(=O)[C@H]1CC[C@H]2[C@@H]3CC[C@@H]4C[C@@](O)(C(F)F)CC[C@@H]4[C@H]3CC[C@]12C. The smallest absolute Gasteiger partial charge is 0.266 e. The van der Waals surface area contributed by atoms with Crippen molar-refractivity contribution in [3.8, 4) is 0 Å². The molecule has 0 saturated heterocycles. The molecule has 548 valence electrons. The summed E-state index contributed by atoms with van der Waals surface area (Å²) in [6.45, 7) is 13.4. The van der Waals surface area contributed by atoms with Gasteiger partial charge in [0.25, 0.3) is 19.3 Å². The standard InChI is InChI=1S/2C23H34F2N4O2.C21H31BrF2O2.C3H5N3.3CH4/c1-13-26-27-28-29(13)12-20(30)19-6-5-18-17-4-3-14-11-23(31,21(24)25)10-8-15(14)16(17)7-9-22(18,19)2;1-13-26-28-29(27-13)12-20(30)19-6-5-18-17-4-3-14-11-23(31,21(24)25)10-8-15(14)16(17)7-9-22(18,19)2;1-20-8-6-14-13-7-9-21(26,19(23)24)10-12(13)2-3-15(14)16(20)4-5-17(20)18(25)11-22;1-3-4-2-5-6-3;;;/h2*14-19,21,31H,3-12H2,1-2H3;12-17,19,26H,2-11H2,1H3;2H2,1H3;3*1H4/t2*14-,15+,16-,17-,18+,19-,22+,23-;12-,13+,14-,15-,16+,17-,20+,21-;;;;/m111..../s1. The average molecular weight is 1440 g/mol. The Labute approximate surface area is 580 Å². The fourth-order valence-electron chi connectivity index (χ4n) is 24.6. The first kappa shape index (κ1) is 77.5. The molecule has 13 aliphatic rings. The number of ketones is 3. The second kappa shape index (κ2) is 30.4. The molecule has 2 aromatic heterocycles. The summed E-state index contributed by atoms with van der Waals surface area (Å²) in [6.07, 6.45) is 14.5. The van der Waals surface area contributed by atoms with Gasteiger partial charge in [0.2, 0.25) is 0 Å². The molecule has 24 heteroatoms. The Hall–Kier alpha value is -3.64. The Morgan fingerprint density at radius 2 is 0.866 bits per heavy atom. The highest BCUT2D eigenvalue weighted by Gasteiger charge is 2.63. The van der Waals surface area contributed by atoms with Crippen molar-refractivity contribution < 1.29 is 56.0 Å². The summed E-state index contributed by atoms with van der Waals surface area (Å²) in [5, 5.41) is 62.3. The van der Waals surface area contributed by atoms with Crippen LogP contribution >= 0.6 is 15.9 Å². The molecular weight excluding hydrogens is 1320 g/mol. The Bertz CT molecular complexity index is 3100. The predicted octanol–water partition coefficient (Wildman–Crippen LogP) is 15.6. The Morgan fingerprint density at radius 1 is 0.485 bits per heavy atom. The monoisotopic (exact) mass is 1440 g/mol. The topological polar surface area (TPSA) is 236 Å². The summed E-state index contributed by atoms with van der Waals surface area (Å²) < 4.78 is 81.8. The summed E-state index contributed by atoms with van der Waals surface area (Å²) in [7, 11) is 0. The first-order valence-electron chi connectivity index (χ1n) is 36.1. The van der Waals surface area contributed by atoms with E-state index in [-0.39, 0.29) is 137 Å². The maximum atomic E-state index is 13.4. The van der Waals surface area contributed by atoms with Crippen molar-refractivity contribution >= 4 is 39.1 Å². The van der Waals surface area contributed by atoms with E-state index in [0.717, 1.165) is 141 Å². The third-order valence-electron chi connectivity index (χ3n) is 29.1. The normalized spacial score (nSPS) is 43.3. The number of hydrogen-bond donors (Lipinski definition) is 3. The molecule has 24 atom stereocenters. The Morgan fingerprint density at radius 3 is 1.18 bits per heavy atom. The summed E-state index contributed by atoms with van der Waals surface area (Å²) in [5.74, 6) is 10.5. The lowest BCUT2D eigenvalue weighted by Gasteiger charge is -2.57. The molecule has 3 heterocycles. The van der Waals surface area contributed by atoms with Gasteiger partial charge in [0.15, 0.2) is 24.1 Å². The lowest BCUT2D eigenvalue weighted by molar-refractivity contribution is -0.160. The van der Waals surface area contributed by atoms with Crippen LogP contribution < -0.4 is 0 Å². The van der Waals surface area contributed by atoms with E-state index in [1.54, 1.807) is 11.6 Å². The molecular formula is C73H116BrF6N11O6. The number of carbonyl (C=O) groups is 3. The summed E-state index contributed by atoms with van der Waals surface area (Å²) >= 11 is 3.37. The first-order chi connectivity index (χ1) is 44.6. The zero-order valence-corrected chi connectivity index (χ0v) is 57.8. The number of aliphatic hydroxyl groups is 3. The first-order valence-corrected chi connectivity index (χ1v) is 37.3. The zero-order valence-electron chi connectivity index (χ0n) is 56.2. The number of rotatable bonds is 11. The number of azo groups is 1. The van der Waals surface area contributed by atoms with Gasteiger partial charge in [-0.2, -0.15) is 9.91 Å². The van der Waals surface area contributed by atoms with Crippen LogP contribution in [0.25, 0.3) is 0 Å². The fourth-order valence-corrected chi connectivity index (χ4v) is 25.0. The molecule has 0 unspecified atom stereocenters. The number of halogens is 7. The molecule has 3 N–H and O–H groups in total. The third-order valence-corrected chi connectivity index (χ3v) is 29.6. The number of carbonyl (C=O) groups excluding carboxylic acids is 3. The van der Waals surface area contributed by atoms with E-state index < -0.39 is 36.1 Å². The van der Waals surface area contributed by atoms with Crippen molar-refractivity contribution in [2.45, 2.75) is 286 Å². The van der Waals surface area contributed by atoms with Gasteiger partial charge in [-0.1, -0.05) is 59.0 Å². The van der Waals surface area contributed by atoms with Crippen LogP contribution in [0, 0.1) is 137 Å². The van der Waals surface area contributed by atoms with E-state index in [4.69, 9.17) is 0 Å². The molecule has 0 spiro atoms. The number of tetrazole rings is 2. The van der Waals surface area contributed by atoms with Gasteiger partial charge in [-0.25, -0.2) is 36.0 Å². The Kier molecular flexibility index (Phi) is 24.3. The molecule has 97 heavy (non-hydrogen) atoms. The number of alkyl halides is 7. The Balaban J connectivity index is 0.000000161. The number of hydrogen-bond acceptors (Lipinski definition) is 15. The van der Waals surface area contributed by atoms with Gasteiger partial charge in [0.1, 0.15) is 47.3 Å². The predicted molar refractivity (Wildman–Crippen MR) is 362 cm³/mol. The van der Waals surface area contributed by atoms with Crippen LogP contribution in [0.5, 0.6) is 0 Å². The van der Waals surface area contributed by atoms with Crippen LogP contribution in [0.4, 0.5) is 26.3 Å². The second-order valence-corrected chi connectivity index (χ2v) is 33.7. The van der Waals surface area contributed by atoms with E-state index in [0.29, 0.717) is 100 Å². The second-order valence-electron chi connectivity index (χ2n) is 33.1. The quantitative estimate of drug-likeness (QED) is 0.141. The van der Waals surface area contributed by atoms with Crippen LogP contribution in [-0.2, 0) is 27.5 Å². The van der Waals surface area contributed by atoms with Crippen molar-refractivity contribution in [3.05, 3.63) is 11.6 Å². The molecule has 12 fully saturated rings. The molecule has 15 rings (SSSR count). The molecule has 0 bridgehead atoms. The van der Waals surface area contributed by atoms with E-state index in [9.17, 15) is 56.0 Å². The zero-order chi connectivity index (χ0) is 67.0. The highest BCUT2D eigenvalue weighted by molar-refractivity contribution is 9.09. The van der Waals surface area contributed by atoms with Gasteiger partial charge in [-0.05, 0) is 315 Å². The minimum atomic E-state index is -2.65. The lowest BCUT2D eigenvalue weighted by Crippen LogP contribution is -2.53. The molecule has 12 saturated carbocycles. The molecule has 0 aromatic carbocycles. The van der Waals surface area contributed by atoms with Crippen LogP contribution in [0.2, 0.25) is 0 Å². The van der Waals surface area contributed by atoms with Gasteiger partial charge in [0, 0.05) is 17.8 Å². The molecule has 17 nitrogen and oxygen atoms in total. The maximum Gasteiger partial charge on any atom is 0.266 e. The van der Waals surface area contributed by atoms with Crippen molar-refractivity contribution in [1.29, 1.82) is 0 Å². The largest absolute Gasteiger partial charge is 0.384 e. The molecule has 0 amide bonds. The molecule has 2 aromatic rings. The van der Waals surface area contributed by atoms with Crippen molar-refractivity contribution in [1.82, 2.24) is 40.4 Å². The van der Waals surface area contributed by atoms with E-state index in [1.165, 1.54) is 4.80 Å². The van der Waals surface area contributed by atoms with E-state index in [1.807, 2.05) is 13.8 Å². The number of aliphatic imine (C=N–C) groups is 1. The number of nitrogens with zero attached hydrogens (tertiary/aromatic N) is 11. The summed E-state index contributed by atoms with van der Waals surface area (Å²) in [4.78, 5) is 44.1. The van der Waals surface area contributed by atoms with Crippen molar-refractivity contribution in [3.63, 3.8) is 0 Å². The van der Waals surface area contributed by atoms with Crippen LogP contribution in [0.1, 0.15) is 235 Å². The summed E-state index contributed by atoms with van der Waals surface area (Å²) in [5.41, 5.74) is -5.15. The average Bonchev–Trinajstić information content (AvgIpc) is 1.68. The van der Waals surface area contributed by atoms with E-state index in [2.05, 4.69) is 82.9 Å². The van der Waals surface area contributed by atoms with E-state index >= 15 is 0 Å². The van der Waals surface area contributed by atoms with Crippen LogP contribution in [0.3, 0.4) is 0 Å². The fraction of sp³-hybridized carbons (Fsp3) is 0.918. The third kappa shape index (κ3) is 14.6. The number of amidine groups is 1. The highest BCUT2D eigenvalue weighted by atomic mass is 79.9. The highest BCUT2D eigenvalue weighted by Crippen LogP contribution is 2.69. The minimum Gasteiger partial charge on any atom is -0.384 e. The molecule has 0 radical (unpaired) electrons. The van der Waals surface area contributed by atoms with Crippen molar-refractivity contribution in [2.75, 3.05) is 12.0 Å². The number of Topliss-reactive ketones (excluding diaryl/α,β-unsaturated/α-hetero) is 3. The van der Waals surface area contributed by atoms with Crippen LogP contribution in [-0.4, -0.2) is 127 Å². The van der Waals surface area contributed by atoms with Gasteiger partial charge < -0.3 is 15.3 Å². The summed E-state index contributed by atoms with van der Waals surface area (Å²) in [6, 6.07) is 0. The maximum absolute atomic E-state index is 13.4. The lowest BCUT2D eigenvalue weighted by atomic mass is 9.49. The van der Waals surface area contributed by atoms with Crippen molar-refractivity contribution in [2.24, 2.45) is 138 Å². The number of fused-ring (bicyclic) bond motifs is 15. The van der Waals surface area contributed by atoms with Gasteiger partial charge in [-0.15, -0.1) is 20.4 Å².